The summed E-state index contributed by atoms with van der Waals surface area (Å²) < 4.78 is 1.75. The van der Waals surface area contributed by atoms with Crippen LogP contribution in [0.3, 0.4) is 0 Å². The van der Waals surface area contributed by atoms with Gasteiger partial charge in [-0.2, -0.15) is 5.10 Å². The van der Waals surface area contributed by atoms with Crippen molar-refractivity contribution in [3.63, 3.8) is 0 Å². The van der Waals surface area contributed by atoms with E-state index < -0.39 is 0 Å². The van der Waals surface area contributed by atoms with Gasteiger partial charge in [0.15, 0.2) is 5.78 Å². The van der Waals surface area contributed by atoms with Crippen LogP contribution < -0.4 is 0 Å². The van der Waals surface area contributed by atoms with Crippen LogP contribution in [0.2, 0.25) is 10.0 Å². The number of halogens is 2. The Kier molecular flexibility index (Phi) is 4.63. The van der Waals surface area contributed by atoms with Gasteiger partial charge in [-0.25, -0.2) is 0 Å². The van der Waals surface area contributed by atoms with Crippen molar-refractivity contribution >= 4 is 35.1 Å². The van der Waals surface area contributed by atoms with Gasteiger partial charge in [-0.05, 0) is 37.6 Å². The SMILES string of the molecule is CC(C)n1cc(C(=O)C=Cc2ccc(Cl)c(Cl)c2)cn1. The molecule has 1 aromatic carbocycles. The van der Waals surface area contributed by atoms with Gasteiger partial charge in [-0.1, -0.05) is 35.3 Å². The molecule has 0 N–H and O–H groups in total. The first-order valence-electron chi connectivity index (χ1n) is 6.19. The smallest absolute Gasteiger partial charge is 0.189 e. The number of benzene rings is 1. The maximum Gasteiger partial charge on any atom is 0.189 e. The maximum atomic E-state index is 12.0. The van der Waals surface area contributed by atoms with E-state index in [0.29, 0.717) is 15.6 Å². The van der Waals surface area contributed by atoms with Gasteiger partial charge >= 0.3 is 0 Å². The Morgan fingerprint density at radius 3 is 2.65 bits per heavy atom. The summed E-state index contributed by atoms with van der Waals surface area (Å²) in [5, 5.41) is 5.10. The standard InChI is InChI=1S/C15H14Cl2N2O/c1-10(2)19-9-12(8-18-19)15(20)6-4-11-3-5-13(16)14(17)7-11/h3-10H,1-2H3. The van der Waals surface area contributed by atoms with Gasteiger partial charge in [-0.15, -0.1) is 0 Å². The summed E-state index contributed by atoms with van der Waals surface area (Å²) in [6.07, 6.45) is 6.52. The number of ketones is 1. The summed E-state index contributed by atoms with van der Waals surface area (Å²) in [7, 11) is 0. The molecule has 104 valence electrons. The van der Waals surface area contributed by atoms with Gasteiger partial charge in [0.25, 0.3) is 0 Å². The number of allylic oxidation sites excluding steroid dienone is 1. The van der Waals surface area contributed by atoms with E-state index >= 15 is 0 Å². The molecule has 3 nitrogen and oxygen atoms in total. The highest BCUT2D eigenvalue weighted by molar-refractivity contribution is 6.42. The fraction of sp³-hybridized carbons (Fsp3) is 0.200. The number of hydrogen-bond acceptors (Lipinski definition) is 2. The molecule has 0 saturated heterocycles. The number of aromatic nitrogens is 2. The normalized spacial score (nSPS) is 11.4. The quantitative estimate of drug-likeness (QED) is 0.608. The minimum absolute atomic E-state index is 0.0945. The molecule has 5 heteroatoms. The molecule has 0 spiro atoms. The number of carbonyl (C=O) groups excluding carboxylic acids is 1. The Morgan fingerprint density at radius 1 is 1.30 bits per heavy atom. The summed E-state index contributed by atoms with van der Waals surface area (Å²) in [6, 6.07) is 5.45. The molecule has 2 aromatic rings. The fourth-order valence-electron chi connectivity index (χ4n) is 1.63. The molecule has 20 heavy (non-hydrogen) atoms. The van der Waals surface area contributed by atoms with Crippen LogP contribution in [0.5, 0.6) is 0 Å². The monoisotopic (exact) mass is 308 g/mol. The summed E-state index contributed by atoms with van der Waals surface area (Å²) in [6.45, 7) is 4.01. The Hall–Kier alpha value is -1.58. The highest BCUT2D eigenvalue weighted by atomic mass is 35.5. The van der Waals surface area contributed by atoms with Crippen LogP contribution in [-0.4, -0.2) is 15.6 Å². The Morgan fingerprint density at radius 2 is 2.05 bits per heavy atom. The molecule has 0 atom stereocenters. The van der Waals surface area contributed by atoms with E-state index in [1.165, 1.54) is 6.08 Å². The topological polar surface area (TPSA) is 34.9 Å². The molecule has 0 aliphatic carbocycles. The molecule has 0 amide bonds. The largest absolute Gasteiger partial charge is 0.289 e. The van der Waals surface area contributed by atoms with Crippen molar-refractivity contribution in [1.29, 1.82) is 0 Å². The number of rotatable bonds is 4. The third kappa shape index (κ3) is 3.50. The molecule has 0 radical (unpaired) electrons. The van der Waals surface area contributed by atoms with Gasteiger partial charge in [0.1, 0.15) is 0 Å². The average molecular weight is 309 g/mol. The predicted molar refractivity (Wildman–Crippen MR) is 82.4 cm³/mol. The molecular formula is C15H14Cl2N2O. The predicted octanol–water partition coefficient (Wildman–Crippen LogP) is 4.67. The van der Waals surface area contributed by atoms with Crippen molar-refractivity contribution < 1.29 is 4.79 Å². The van der Waals surface area contributed by atoms with Gasteiger partial charge in [0, 0.05) is 12.2 Å². The molecule has 0 aliphatic heterocycles. The molecule has 0 saturated carbocycles. The number of hydrogen-bond donors (Lipinski definition) is 0. The Labute approximate surface area is 127 Å². The van der Waals surface area contributed by atoms with E-state index in [2.05, 4.69) is 5.10 Å². The van der Waals surface area contributed by atoms with E-state index in [0.717, 1.165) is 5.56 Å². The Balaban J connectivity index is 2.13. The lowest BCUT2D eigenvalue weighted by molar-refractivity contribution is 0.104. The molecule has 0 bridgehead atoms. The second-order valence-electron chi connectivity index (χ2n) is 4.67. The third-order valence-corrected chi connectivity index (χ3v) is 3.52. The fourth-order valence-corrected chi connectivity index (χ4v) is 1.94. The van der Waals surface area contributed by atoms with Crippen molar-refractivity contribution in [3.8, 4) is 0 Å². The van der Waals surface area contributed by atoms with Gasteiger partial charge in [0.2, 0.25) is 0 Å². The molecule has 0 unspecified atom stereocenters. The lowest BCUT2D eigenvalue weighted by Gasteiger charge is -2.02. The second-order valence-corrected chi connectivity index (χ2v) is 5.49. The third-order valence-electron chi connectivity index (χ3n) is 2.79. The van der Waals surface area contributed by atoms with Gasteiger partial charge in [0.05, 0.1) is 21.8 Å². The van der Waals surface area contributed by atoms with Gasteiger partial charge < -0.3 is 0 Å². The zero-order chi connectivity index (χ0) is 14.7. The number of nitrogens with zero attached hydrogens (tertiary/aromatic N) is 2. The number of carbonyl (C=O) groups is 1. The van der Waals surface area contributed by atoms with E-state index in [1.54, 1.807) is 41.4 Å². The van der Waals surface area contributed by atoms with Crippen LogP contribution in [0, 0.1) is 0 Å². The summed E-state index contributed by atoms with van der Waals surface area (Å²) in [5.41, 5.74) is 1.39. The van der Waals surface area contributed by atoms with E-state index in [9.17, 15) is 4.79 Å². The van der Waals surface area contributed by atoms with Crippen molar-refractivity contribution in [2.75, 3.05) is 0 Å². The first-order valence-corrected chi connectivity index (χ1v) is 6.94. The van der Waals surface area contributed by atoms with Crippen molar-refractivity contribution in [2.24, 2.45) is 0 Å². The highest BCUT2D eigenvalue weighted by Gasteiger charge is 2.07. The Bertz CT molecular complexity index is 660. The van der Waals surface area contributed by atoms with E-state index in [1.807, 2.05) is 13.8 Å². The van der Waals surface area contributed by atoms with Crippen LogP contribution in [-0.2, 0) is 0 Å². The average Bonchev–Trinajstić information content (AvgIpc) is 2.89. The van der Waals surface area contributed by atoms with Crippen molar-refractivity contribution in [3.05, 3.63) is 57.8 Å². The first kappa shape index (κ1) is 14.8. The highest BCUT2D eigenvalue weighted by Crippen LogP contribution is 2.23. The maximum absolute atomic E-state index is 12.0. The molecule has 0 fully saturated rings. The van der Waals surface area contributed by atoms with Crippen molar-refractivity contribution in [1.82, 2.24) is 9.78 Å². The zero-order valence-corrected chi connectivity index (χ0v) is 12.7. The van der Waals surface area contributed by atoms with Crippen LogP contribution >= 0.6 is 23.2 Å². The summed E-state index contributed by atoms with van der Waals surface area (Å²) >= 11 is 11.8. The summed E-state index contributed by atoms with van der Waals surface area (Å²) in [5.74, 6) is -0.0945. The second kappa shape index (κ2) is 6.25. The van der Waals surface area contributed by atoms with Crippen molar-refractivity contribution in [2.45, 2.75) is 19.9 Å². The minimum atomic E-state index is -0.0945. The zero-order valence-electron chi connectivity index (χ0n) is 11.2. The molecule has 1 aromatic heterocycles. The van der Waals surface area contributed by atoms with Crippen LogP contribution in [0.4, 0.5) is 0 Å². The summed E-state index contributed by atoms with van der Waals surface area (Å²) in [4.78, 5) is 12.0. The van der Waals surface area contributed by atoms with E-state index in [-0.39, 0.29) is 11.8 Å². The van der Waals surface area contributed by atoms with Crippen LogP contribution in [0.15, 0.2) is 36.7 Å². The lowest BCUT2D eigenvalue weighted by Crippen LogP contribution is -2.00. The first-order chi connectivity index (χ1) is 9.47. The molecular weight excluding hydrogens is 295 g/mol. The molecule has 2 rings (SSSR count). The van der Waals surface area contributed by atoms with Crippen LogP contribution in [0.1, 0.15) is 35.8 Å². The molecule has 1 heterocycles. The lowest BCUT2D eigenvalue weighted by atomic mass is 10.1. The molecule has 0 aliphatic rings. The minimum Gasteiger partial charge on any atom is -0.289 e. The van der Waals surface area contributed by atoms with Crippen LogP contribution in [0.25, 0.3) is 6.08 Å². The van der Waals surface area contributed by atoms with E-state index in [4.69, 9.17) is 23.2 Å². The van der Waals surface area contributed by atoms with Gasteiger partial charge in [-0.3, -0.25) is 9.48 Å².